The molecule has 0 aliphatic heterocycles. The highest BCUT2D eigenvalue weighted by atomic mass is 16.5. The summed E-state index contributed by atoms with van der Waals surface area (Å²) in [5, 5.41) is 10.7. The van der Waals surface area contributed by atoms with Gasteiger partial charge in [0.1, 0.15) is 5.75 Å². The summed E-state index contributed by atoms with van der Waals surface area (Å²) in [7, 11) is 0. The Morgan fingerprint density at radius 1 is 1.60 bits per heavy atom. The summed E-state index contributed by atoms with van der Waals surface area (Å²) in [5.41, 5.74) is 1.03. The Labute approximate surface area is 88.5 Å². The van der Waals surface area contributed by atoms with Crippen LogP contribution >= 0.6 is 0 Å². The SMILES string of the molecule is Cc1cccc(OC(=O)NCCC#N)c1. The van der Waals surface area contributed by atoms with E-state index in [2.05, 4.69) is 5.32 Å². The molecule has 0 saturated carbocycles. The smallest absolute Gasteiger partial charge is 0.410 e. The fourth-order valence-corrected chi connectivity index (χ4v) is 1.04. The van der Waals surface area contributed by atoms with E-state index in [-0.39, 0.29) is 6.42 Å². The van der Waals surface area contributed by atoms with E-state index < -0.39 is 6.09 Å². The van der Waals surface area contributed by atoms with Gasteiger partial charge in [-0.25, -0.2) is 4.79 Å². The van der Waals surface area contributed by atoms with E-state index in [9.17, 15) is 4.79 Å². The maximum atomic E-state index is 11.2. The number of nitrogens with one attached hydrogen (secondary N) is 1. The number of amides is 1. The average molecular weight is 204 g/mol. The van der Waals surface area contributed by atoms with Crippen molar-refractivity contribution in [1.29, 1.82) is 5.26 Å². The van der Waals surface area contributed by atoms with Crippen molar-refractivity contribution in [1.82, 2.24) is 5.32 Å². The second-order valence-electron chi connectivity index (χ2n) is 3.04. The molecule has 1 rings (SSSR count). The summed E-state index contributed by atoms with van der Waals surface area (Å²) >= 11 is 0. The van der Waals surface area contributed by atoms with Crippen molar-refractivity contribution in [3.8, 4) is 11.8 Å². The van der Waals surface area contributed by atoms with Gasteiger partial charge in [-0.05, 0) is 24.6 Å². The number of carbonyl (C=O) groups is 1. The number of aryl methyl sites for hydroxylation is 1. The van der Waals surface area contributed by atoms with E-state index in [0.29, 0.717) is 12.3 Å². The van der Waals surface area contributed by atoms with Crippen LogP contribution in [0.2, 0.25) is 0 Å². The van der Waals surface area contributed by atoms with Gasteiger partial charge >= 0.3 is 6.09 Å². The summed E-state index contributed by atoms with van der Waals surface area (Å²) in [4.78, 5) is 11.2. The van der Waals surface area contributed by atoms with Crippen LogP contribution in [0, 0.1) is 18.3 Å². The van der Waals surface area contributed by atoms with Crippen LogP contribution in [0.4, 0.5) is 4.79 Å². The zero-order valence-electron chi connectivity index (χ0n) is 8.49. The Morgan fingerprint density at radius 3 is 3.07 bits per heavy atom. The molecule has 0 unspecified atom stereocenters. The molecule has 1 aromatic carbocycles. The molecule has 1 amide bonds. The molecule has 4 nitrogen and oxygen atoms in total. The van der Waals surface area contributed by atoms with E-state index in [1.54, 1.807) is 12.1 Å². The molecule has 4 heteroatoms. The van der Waals surface area contributed by atoms with E-state index in [0.717, 1.165) is 5.56 Å². The van der Waals surface area contributed by atoms with Crippen molar-refractivity contribution in [3.05, 3.63) is 29.8 Å². The van der Waals surface area contributed by atoms with Crippen LogP contribution < -0.4 is 10.1 Å². The molecule has 1 N–H and O–H groups in total. The van der Waals surface area contributed by atoms with Crippen LogP contribution in [0.3, 0.4) is 0 Å². The number of benzene rings is 1. The third-order valence-electron chi connectivity index (χ3n) is 1.71. The normalized spacial score (nSPS) is 9.07. The van der Waals surface area contributed by atoms with Crippen molar-refractivity contribution in [2.75, 3.05) is 6.54 Å². The first-order valence-electron chi connectivity index (χ1n) is 4.61. The fourth-order valence-electron chi connectivity index (χ4n) is 1.04. The molecule has 0 radical (unpaired) electrons. The van der Waals surface area contributed by atoms with Crippen LogP contribution in [-0.2, 0) is 0 Å². The monoisotopic (exact) mass is 204 g/mol. The summed E-state index contributed by atoms with van der Waals surface area (Å²) < 4.78 is 4.98. The van der Waals surface area contributed by atoms with Gasteiger partial charge in [0.25, 0.3) is 0 Å². The maximum Gasteiger partial charge on any atom is 0.412 e. The lowest BCUT2D eigenvalue weighted by molar-refractivity contribution is 0.201. The number of rotatable bonds is 3. The summed E-state index contributed by atoms with van der Waals surface area (Å²) in [5.74, 6) is 0.504. The molecular formula is C11H12N2O2. The molecule has 0 saturated heterocycles. The van der Waals surface area contributed by atoms with E-state index in [4.69, 9.17) is 10.00 Å². The second-order valence-corrected chi connectivity index (χ2v) is 3.04. The average Bonchev–Trinajstić information content (AvgIpc) is 2.18. The van der Waals surface area contributed by atoms with Gasteiger partial charge in [0.15, 0.2) is 0 Å². The van der Waals surface area contributed by atoms with Crippen LogP contribution in [0.1, 0.15) is 12.0 Å². The number of hydrogen-bond donors (Lipinski definition) is 1. The molecule has 0 spiro atoms. The highest BCUT2D eigenvalue weighted by molar-refractivity contribution is 5.70. The molecule has 0 atom stereocenters. The minimum Gasteiger partial charge on any atom is -0.410 e. The van der Waals surface area contributed by atoms with Crippen molar-refractivity contribution >= 4 is 6.09 Å². The first kappa shape index (κ1) is 11.1. The molecule has 0 bridgehead atoms. The molecule has 15 heavy (non-hydrogen) atoms. The molecule has 0 aliphatic rings. The summed E-state index contributed by atoms with van der Waals surface area (Å²) in [6, 6.07) is 9.13. The second kappa shape index (κ2) is 5.66. The Hall–Kier alpha value is -2.02. The molecule has 0 fully saturated rings. The Balaban J connectivity index is 2.42. The molecule has 0 aliphatic carbocycles. The first-order chi connectivity index (χ1) is 7.22. The quantitative estimate of drug-likeness (QED) is 0.766. The van der Waals surface area contributed by atoms with Gasteiger partial charge in [-0.1, -0.05) is 12.1 Å². The fraction of sp³-hybridized carbons (Fsp3) is 0.273. The van der Waals surface area contributed by atoms with E-state index >= 15 is 0 Å². The van der Waals surface area contributed by atoms with Crippen LogP contribution in [-0.4, -0.2) is 12.6 Å². The van der Waals surface area contributed by atoms with Crippen molar-refractivity contribution < 1.29 is 9.53 Å². The van der Waals surface area contributed by atoms with Gasteiger partial charge in [0.05, 0.1) is 12.5 Å². The van der Waals surface area contributed by atoms with Gasteiger partial charge in [-0.15, -0.1) is 0 Å². The highest BCUT2D eigenvalue weighted by Crippen LogP contribution is 2.12. The van der Waals surface area contributed by atoms with E-state index in [1.807, 2.05) is 25.1 Å². The van der Waals surface area contributed by atoms with Crippen molar-refractivity contribution in [2.45, 2.75) is 13.3 Å². The summed E-state index contributed by atoms with van der Waals surface area (Å²) in [6.07, 6.45) is -0.251. The van der Waals surface area contributed by atoms with Crippen LogP contribution in [0.5, 0.6) is 5.75 Å². The number of ether oxygens (including phenoxy) is 1. The van der Waals surface area contributed by atoms with Gasteiger partial charge in [-0.3, -0.25) is 0 Å². The van der Waals surface area contributed by atoms with Crippen LogP contribution in [0.25, 0.3) is 0 Å². The minimum absolute atomic E-state index is 0.281. The van der Waals surface area contributed by atoms with Crippen LogP contribution in [0.15, 0.2) is 24.3 Å². The minimum atomic E-state index is -0.532. The predicted octanol–water partition coefficient (Wildman–Crippen LogP) is 2.00. The molecule has 78 valence electrons. The van der Waals surface area contributed by atoms with E-state index in [1.165, 1.54) is 0 Å². The van der Waals surface area contributed by atoms with Gasteiger partial charge < -0.3 is 10.1 Å². The van der Waals surface area contributed by atoms with Gasteiger partial charge in [0.2, 0.25) is 0 Å². The molecular weight excluding hydrogens is 192 g/mol. The Bertz CT molecular complexity index is 382. The molecule has 0 heterocycles. The lowest BCUT2D eigenvalue weighted by Gasteiger charge is -2.05. The highest BCUT2D eigenvalue weighted by Gasteiger charge is 2.02. The Morgan fingerprint density at radius 2 is 2.40 bits per heavy atom. The van der Waals surface area contributed by atoms with Crippen molar-refractivity contribution in [2.24, 2.45) is 0 Å². The van der Waals surface area contributed by atoms with Gasteiger partial charge in [-0.2, -0.15) is 5.26 Å². The topological polar surface area (TPSA) is 62.1 Å². The Kier molecular flexibility index (Phi) is 4.17. The zero-order chi connectivity index (χ0) is 11.1. The number of hydrogen-bond acceptors (Lipinski definition) is 3. The lowest BCUT2D eigenvalue weighted by Crippen LogP contribution is -2.27. The molecule has 1 aromatic rings. The standard InChI is InChI=1S/C11H12N2O2/c1-9-4-2-5-10(8-9)15-11(14)13-7-3-6-12/h2,4-5,8H,3,7H2,1H3,(H,13,14). The third-order valence-corrected chi connectivity index (χ3v) is 1.71. The largest absolute Gasteiger partial charge is 0.412 e. The number of nitrogens with zero attached hydrogens (tertiary/aromatic N) is 1. The first-order valence-corrected chi connectivity index (χ1v) is 4.61. The lowest BCUT2D eigenvalue weighted by atomic mass is 10.2. The number of nitriles is 1. The van der Waals surface area contributed by atoms with Crippen molar-refractivity contribution in [3.63, 3.8) is 0 Å². The predicted molar refractivity (Wildman–Crippen MR) is 55.4 cm³/mol. The number of carbonyl (C=O) groups excluding carboxylic acids is 1. The third kappa shape index (κ3) is 4.14. The maximum absolute atomic E-state index is 11.2. The summed E-state index contributed by atoms with van der Waals surface area (Å²) in [6.45, 7) is 2.22. The van der Waals surface area contributed by atoms with Gasteiger partial charge in [0, 0.05) is 6.54 Å². The zero-order valence-corrected chi connectivity index (χ0v) is 8.49. The molecule has 0 aromatic heterocycles.